The molecule has 2 saturated carbocycles. The van der Waals surface area contributed by atoms with Crippen molar-refractivity contribution in [2.45, 2.75) is 64.0 Å². The molecule has 0 saturated heterocycles. The van der Waals surface area contributed by atoms with Crippen LogP contribution in [0, 0.1) is 5.41 Å². The summed E-state index contributed by atoms with van der Waals surface area (Å²) in [5.74, 6) is 0.709. The summed E-state index contributed by atoms with van der Waals surface area (Å²) in [6, 6.07) is 9.80. The maximum absolute atomic E-state index is 6.07. The van der Waals surface area contributed by atoms with Crippen molar-refractivity contribution in [1.29, 1.82) is 0 Å². The zero-order chi connectivity index (χ0) is 13.5. The molecule has 0 spiro atoms. The van der Waals surface area contributed by atoms with Gasteiger partial charge in [-0.1, -0.05) is 44.0 Å². The third-order valence-corrected chi connectivity index (χ3v) is 5.39. The van der Waals surface area contributed by atoms with Crippen molar-refractivity contribution >= 4 is 11.6 Å². The monoisotopic (exact) mass is 277 g/mol. The van der Waals surface area contributed by atoms with Crippen molar-refractivity contribution in [2.75, 3.05) is 0 Å². The Morgan fingerprint density at radius 2 is 2.05 bits per heavy atom. The molecule has 1 aromatic carbocycles. The van der Waals surface area contributed by atoms with Crippen LogP contribution in [0.3, 0.4) is 0 Å². The first-order chi connectivity index (χ1) is 9.04. The molecule has 0 aliphatic heterocycles. The van der Waals surface area contributed by atoms with Crippen LogP contribution >= 0.6 is 11.6 Å². The van der Waals surface area contributed by atoms with Crippen molar-refractivity contribution < 1.29 is 0 Å². The van der Waals surface area contributed by atoms with E-state index in [4.69, 9.17) is 11.6 Å². The smallest absolute Gasteiger partial charge is 0.0408 e. The van der Waals surface area contributed by atoms with E-state index in [-0.39, 0.29) is 0 Å². The fourth-order valence-corrected chi connectivity index (χ4v) is 3.91. The minimum atomic E-state index is 0.487. The van der Waals surface area contributed by atoms with E-state index in [1.807, 2.05) is 6.07 Å². The van der Waals surface area contributed by atoms with E-state index in [0.29, 0.717) is 17.4 Å². The molecule has 19 heavy (non-hydrogen) atoms. The lowest BCUT2D eigenvalue weighted by atomic mass is 9.74. The van der Waals surface area contributed by atoms with Gasteiger partial charge in [-0.15, -0.1) is 0 Å². The average Bonchev–Trinajstić information content (AvgIpc) is 2.62. The van der Waals surface area contributed by atoms with Crippen LogP contribution in [0.15, 0.2) is 24.3 Å². The van der Waals surface area contributed by atoms with Gasteiger partial charge in [0.05, 0.1) is 0 Å². The molecule has 1 nitrogen and oxygen atoms in total. The standard InChI is InChI=1S/C17H24ClN/c1-17(2)8-4-7-16(17)19-15-10-13(11-15)12-5-3-6-14(18)9-12/h3,5-6,9,13,15-16,19H,4,7-8,10-11H2,1-2H3. The van der Waals surface area contributed by atoms with E-state index in [0.717, 1.165) is 11.1 Å². The van der Waals surface area contributed by atoms with E-state index in [1.54, 1.807) is 0 Å². The van der Waals surface area contributed by atoms with Crippen LogP contribution in [0.2, 0.25) is 5.02 Å². The fraction of sp³-hybridized carbons (Fsp3) is 0.647. The normalized spacial score (nSPS) is 33.1. The third-order valence-electron chi connectivity index (χ3n) is 5.15. The summed E-state index contributed by atoms with van der Waals surface area (Å²) in [6.45, 7) is 4.82. The average molecular weight is 278 g/mol. The van der Waals surface area contributed by atoms with E-state index >= 15 is 0 Å². The molecule has 0 amide bonds. The largest absolute Gasteiger partial charge is 0.311 e. The Bertz CT molecular complexity index is 448. The molecule has 1 atom stereocenters. The van der Waals surface area contributed by atoms with Gasteiger partial charge in [0.1, 0.15) is 0 Å². The summed E-state index contributed by atoms with van der Waals surface area (Å²) < 4.78 is 0. The number of halogens is 1. The summed E-state index contributed by atoms with van der Waals surface area (Å²) >= 11 is 6.07. The Morgan fingerprint density at radius 1 is 1.26 bits per heavy atom. The molecule has 0 heterocycles. The zero-order valence-corrected chi connectivity index (χ0v) is 12.7. The topological polar surface area (TPSA) is 12.0 Å². The molecule has 2 aliphatic carbocycles. The van der Waals surface area contributed by atoms with Gasteiger partial charge in [-0.05, 0) is 54.7 Å². The van der Waals surface area contributed by atoms with Crippen LogP contribution in [0.4, 0.5) is 0 Å². The summed E-state index contributed by atoms with van der Waals surface area (Å²) in [5, 5.41) is 4.75. The molecule has 1 unspecified atom stereocenters. The molecular weight excluding hydrogens is 254 g/mol. The van der Waals surface area contributed by atoms with Gasteiger partial charge in [0, 0.05) is 17.1 Å². The second-order valence-corrected chi connectivity index (χ2v) is 7.46. The van der Waals surface area contributed by atoms with Gasteiger partial charge in [0.2, 0.25) is 0 Å². The molecule has 3 rings (SSSR count). The lowest BCUT2D eigenvalue weighted by Crippen LogP contribution is -2.49. The number of nitrogens with one attached hydrogen (secondary N) is 1. The van der Waals surface area contributed by atoms with Gasteiger partial charge in [-0.25, -0.2) is 0 Å². The summed E-state index contributed by atoms with van der Waals surface area (Å²) in [6.07, 6.45) is 6.65. The first kappa shape index (κ1) is 13.5. The molecule has 1 aromatic rings. The van der Waals surface area contributed by atoms with Crippen LogP contribution in [-0.4, -0.2) is 12.1 Å². The van der Waals surface area contributed by atoms with Crippen LogP contribution < -0.4 is 5.32 Å². The lowest BCUT2D eigenvalue weighted by Gasteiger charge is -2.41. The molecule has 0 aromatic heterocycles. The van der Waals surface area contributed by atoms with Gasteiger partial charge in [-0.2, -0.15) is 0 Å². The first-order valence-corrected chi connectivity index (χ1v) is 7.94. The number of benzene rings is 1. The van der Waals surface area contributed by atoms with Crippen molar-refractivity contribution in [3.8, 4) is 0 Å². The second kappa shape index (κ2) is 5.10. The maximum atomic E-state index is 6.07. The van der Waals surface area contributed by atoms with Crippen molar-refractivity contribution in [1.82, 2.24) is 5.32 Å². The highest BCUT2D eigenvalue weighted by Gasteiger charge is 2.38. The highest BCUT2D eigenvalue weighted by Crippen LogP contribution is 2.42. The predicted molar refractivity (Wildman–Crippen MR) is 81.8 cm³/mol. The van der Waals surface area contributed by atoms with Gasteiger partial charge in [0.25, 0.3) is 0 Å². The van der Waals surface area contributed by atoms with Gasteiger partial charge >= 0.3 is 0 Å². The van der Waals surface area contributed by atoms with Crippen LogP contribution in [0.25, 0.3) is 0 Å². The van der Waals surface area contributed by atoms with Crippen molar-refractivity contribution in [2.24, 2.45) is 5.41 Å². The highest BCUT2D eigenvalue weighted by atomic mass is 35.5. The Balaban J connectivity index is 1.53. The summed E-state index contributed by atoms with van der Waals surface area (Å²) in [5.41, 5.74) is 1.90. The Hall–Kier alpha value is -0.530. The molecule has 2 aliphatic rings. The zero-order valence-electron chi connectivity index (χ0n) is 12.0. The minimum absolute atomic E-state index is 0.487. The molecule has 2 fully saturated rings. The van der Waals surface area contributed by atoms with Crippen LogP contribution in [-0.2, 0) is 0 Å². The predicted octanol–water partition coefficient (Wildman–Crippen LogP) is 4.75. The van der Waals surface area contributed by atoms with Gasteiger partial charge in [-0.3, -0.25) is 0 Å². The number of rotatable bonds is 3. The van der Waals surface area contributed by atoms with Gasteiger partial charge in [0.15, 0.2) is 0 Å². The van der Waals surface area contributed by atoms with E-state index in [2.05, 4.69) is 37.4 Å². The number of hydrogen-bond acceptors (Lipinski definition) is 1. The summed E-state index contributed by atoms with van der Waals surface area (Å²) in [4.78, 5) is 0. The molecule has 2 heteroatoms. The quantitative estimate of drug-likeness (QED) is 0.840. The molecule has 0 radical (unpaired) electrons. The maximum Gasteiger partial charge on any atom is 0.0408 e. The first-order valence-electron chi connectivity index (χ1n) is 7.56. The van der Waals surface area contributed by atoms with Crippen LogP contribution in [0.5, 0.6) is 0 Å². The molecule has 104 valence electrons. The Kier molecular flexibility index (Phi) is 3.61. The fourth-order valence-electron chi connectivity index (χ4n) is 3.71. The number of hydrogen-bond donors (Lipinski definition) is 1. The van der Waals surface area contributed by atoms with E-state index < -0.39 is 0 Å². The third kappa shape index (κ3) is 2.83. The molecule has 0 bridgehead atoms. The lowest BCUT2D eigenvalue weighted by molar-refractivity contribution is 0.202. The SMILES string of the molecule is CC1(C)CCCC1NC1CC(c2cccc(Cl)c2)C1. The molecular formula is C17H24ClN. The minimum Gasteiger partial charge on any atom is -0.311 e. The van der Waals surface area contributed by atoms with Crippen molar-refractivity contribution in [3.05, 3.63) is 34.9 Å². The highest BCUT2D eigenvalue weighted by molar-refractivity contribution is 6.30. The van der Waals surface area contributed by atoms with Crippen LogP contribution in [0.1, 0.15) is 57.4 Å². The van der Waals surface area contributed by atoms with Gasteiger partial charge < -0.3 is 5.32 Å². The summed E-state index contributed by atoms with van der Waals surface area (Å²) in [7, 11) is 0. The Labute approximate surface area is 121 Å². The van der Waals surface area contributed by atoms with E-state index in [9.17, 15) is 0 Å². The molecule has 1 N–H and O–H groups in total. The second-order valence-electron chi connectivity index (χ2n) is 7.02. The van der Waals surface area contributed by atoms with Crippen molar-refractivity contribution in [3.63, 3.8) is 0 Å². The van der Waals surface area contributed by atoms with E-state index in [1.165, 1.54) is 37.7 Å². The Morgan fingerprint density at radius 3 is 2.68 bits per heavy atom.